The lowest BCUT2D eigenvalue weighted by molar-refractivity contribution is -0.194. The first-order valence-electron chi connectivity index (χ1n) is 9.23. The third-order valence-electron chi connectivity index (χ3n) is 5.87. The number of carbonyl (C=O) groups excluding carboxylic acids is 1. The second kappa shape index (κ2) is 6.54. The molecule has 1 atom stereocenters. The fourth-order valence-corrected chi connectivity index (χ4v) is 4.29. The Balaban J connectivity index is 1.64. The Morgan fingerprint density at radius 3 is 2.76 bits per heavy atom. The Labute approximate surface area is 164 Å². The van der Waals surface area contributed by atoms with Crippen molar-refractivity contribution in [2.45, 2.75) is 37.8 Å². The van der Waals surface area contributed by atoms with E-state index in [1.54, 1.807) is 12.1 Å². The largest absolute Gasteiger partial charge is 0.405 e. The number of halogens is 3. The van der Waals surface area contributed by atoms with Crippen LogP contribution in [0, 0.1) is 22.7 Å². The number of carbonyl (C=O) groups is 1. The van der Waals surface area contributed by atoms with Crippen LogP contribution in [-0.2, 0) is 10.2 Å². The molecule has 1 saturated heterocycles. The average molecular weight is 405 g/mol. The molecule has 4 rings (SSSR count). The minimum atomic E-state index is -4.70. The Bertz CT molecular complexity index is 962. The van der Waals surface area contributed by atoms with Crippen LogP contribution in [0.15, 0.2) is 29.0 Å². The van der Waals surface area contributed by atoms with Crippen LogP contribution in [0.3, 0.4) is 0 Å². The Morgan fingerprint density at radius 2 is 2.17 bits per heavy atom. The van der Waals surface area contributed by atoms with Crippen molar-refractivity contribution in [1.82, 2.24) is 20.0 Å². The number of aromatic nitrogens is 3. The molecule has 7 nitrogen and oxygen atoms in total. The van der Waals surface area contributed by atoms with E-state index in [0.29, 0.717) is 18.4 Å². The van der Waals surface area contributed by atoms with Crippen molar-refractivity contribution in [1.29, 1.82) is 5.26 Å². The summed E-state index contributed by atoms with van der Waals surface area (Å²) in [4.78, 5) is 21.9. The van der Waals surface area contributed by atoms with Crippen LogP contribution in [0.25, 0.3) is 11.4 Å². The number of hydrogen-bond acceptors (Lipinski definition) is 6. The Morgan fingerprint density at radius 1 is 1.41 bits per heavy atom. The van der Waals surface area contributed by atoms with Crippen LogP contribution in [-0.4, -0.2) is 45.2 Å². The topological polar surface area (TPSA) is 95.9 Å². The highest BCUT2D eigenvalue weighted by Gasteiger charge is 2.65. The maximum absolute atomic E-state index is 14.1. The molecular formula is C19H18F3N5O2. The van der Waals surface area contributed by atoms with E-state index in [0.717, 1.165) is 4.90 Å². The lowest BCUT2D eigenvalue weighted by Gasteiger charge is -2.41. The highest BCUT2D eigenvalue weighted by Crippen LogP contribution is 2.51. The first-order valence-corrected chi connectivity index (χ1v) is 9.23. The summed E-state index contributed by atoms with van der Waals surface area (Å²) in [6.45, 7) is 1.15. The third-order valence-corrected chi connectivity index (χ3v) is 5.87. The molecule has 152 valence electrons. The molecule has 29 heavy (non-hydrogen) atoms. The van der Waals surface area contributed by atoms with E-state index in [-0.39, 0.29) is 18.3 Å². The SMILES string of the molecule is CC1CC(C#N)(C(=O)N2CCC(c3nc(-c4cccnc4)no3)(C(F)(F)F)C2)C1. The van der Waals surface area contributed by atoms with Crippen LogP contribution < -0.4 is 0 Å². The van der Waals surface area contributed by atoms with Gasteiger partial charge in [-0.3, -0.25) is 9.78 Å². The number of hydrogen-bond donors (Lipinski definition) is 0. The zero-order valence-electron chi connectivity index (χ0n) is 15.6. The monoisotopic (exact) mass is 405 g/mol. The standard InChI is InChI=1S/C19H18F3N5O2/c1-12-7-17(8-12,10-23)16(28)27-6-4-18(11-27,19(20,21)22)15-25-14(26-29-15)13-3-2-5-24-9-13/h2-3,5,9,12H,4,6-8,11H2,1H3. The summed E-state index contributed by atoms with van der Waals surface area (Å²) < 4.78 is 47.4. The Hall–Kier alpha value is -2.96. The van der Waals surface area contributed by atoms with Gasteiger partial charge in [0.25, 0.3) is 0 Å². The van der Waals surface area contributed by atoms with Gasteiger partial charge in [-0.05, 0) is 37.3 Å². The molecule has 2 aromatic heterocycles. The zero-order chi connectivity index (χ0) is 20.9. The normalized spacial score (nSPS) is 29.3. The molecule has 1 saturated carbocycles. The smallest absolute Gasteiger partial charge is 0.340 e. The molecule has 2 aromatic rings. The van der Waals surface area contributed by atoms with Gasteiger partial charge in [-0.25, -0.2) is 0 Å². The number of alkyl halides is 3. The van der Waals surface area contributed by atoms with E-state index in [9.17, 15) is 23.2 Å². The lowest BCUT2D eigenvalue weighted by atomic mass is 9.63. The zero-order valence-corrected chi connectivity index (χ0v) is 15.6. The molecule has 0 bridgehead atoms. The number of rotatable bonds is 3. The summed E-state index contributed by atoms with van der Waals surface area (Å²) in [6.07, 6.45) is -1.42. The molecular weight excluding hydrogens is 387 g/mol. The summed E-state index contributed by atoms with van der Waals surface area (Å²) >= 11 is 0. The summed E-state index contributed by atoms with van der Waals surface area (Å²) in [6, 6.07) is 5.25. The van der Waals surface area contributed by atoms with Gasteiger partial charge in [0.15, 0.2) is 5.41 Å². The molecule has 0 spiro atoms. The van der Waals surface area contributed by atoms with Crippen molar-refractivity contribution in [3.8, 4) is 17.5 Å². The molecule has 2 fully saturated rings. The number of pyridine rings is 1. The van der Waals surface area contributed by atoms with E-state index in [1.807, 2.05) is 13.0 Å². The van der Waals surface area contributed by atoms with Crippen molar-refractivity contribution in [3.63, 3.8) is 0 Å². The van der Waals surface area contributed by atoms with E-state index in [2.05, 4.69) is 15.1 Å². The number of nitriles is 1. The second-order valence-corrected chi connectivity index (χ2v) is 7.93. The molecule has 0 aromatic carbocycles. The van der Waals surface area contributed by atoms with Gasteiger partial charge in [-0.1, -0.05) is 12.1 Å². The van der Waals surface area contributed by atoms with Gasteiger partial charge in [0.2, 0.25) is 17.6 Å². The molecule has 1 aliphatic carbocycles. The third kappa shape index (κ3) is 2.96. The van der Waals surface area contributed by atoms with Gasteiger partial charge in [-0.15, -0.1) is 0 Å². The van der Waals surface area contributed by atoms with Crippen LogP contribution in [0.1, 0.15) is 32.1 Å². The quantitative estimate of drug-likeness (QED) is 0.779. The molecule has 3 heterocycles. The van der Waals surface area contributed by atoms with Crippen molar-refractivity contribution >= 4 is 5.91 Å². The van der Waals surface area contributed by atoms with Crippen molar-refractivity contribution in [2.24, 2.45) is 11.3 Å². The van der Waals surface area contributed by atoms with Crippen LogP contribution in [0.5, 0.6) is 0 Å². The van der Waals surface area contributed by atoms with Gasteiger partial charge < -0.3 is 9.42 Å². The molecule has 1 unspecified atom stereocenters. The number of nitrogens with zero attached hydrogens (tertiary/aromatic N) is 5. The summed E-state index contributed by atoms with van der Waals surface area (Å²) in [5.41, 5.74) is -3.25. The van der Waals surface area contributed by atoms with Gasteiger partial charge in [0, 0.05) is 31.0 Å². The molecule has 2 aliphatic rings. The van der Waals surface area contributed by atoms with E-state index < -0.39 is 41.8 Å². The molecule has 0 radical (unpaired) electrons. The molecule has 10 heteroatoms. The fourth-order valence-electron chi connectivity index (χ4n) is 4.29. The molecule has 1 aliphatic heterocycles. The first-order chi connectivity index (χ1) is 13.7. The minimum Gasteiger partial charge on any atom is -0.340 e. The highest BCUT2D eigenvalue weighted by atomic mass is 19.4. The van der Waals surface area contributed by atoms with E-state index in [4.69, 9.17) is 4.52 Å². The molecule has 1 amide bonds. The summed E-state index contributed by atoms with van der Waals surface area (Å²) in [5.74, 6) is -0.919. The lowest BCUT2D eigenvalue weighted by Crippen LogP contribution is -2.51. The fraction of sp³-hybridized carbons (Fsp3) is 0.526. The van der Waals surface area contributed by atoms with Crippen LogP contribution >= 0.6 is 0 Å². The van der Waals surface area contributed by atoms with Gasteiger partial charge in [-0.2, -0.15) is 23.4 Å². The predicted octanol–water partition coefficient (Wildman–Crippen LogP) is 3.10. The summed E-state index contributed by atoms with van der Waals surface area (Å²) in [5, 5.41) is 13.1. The number of amides is 1. The second-order valence-electron chi connectivity index (χ2n) is 7.93. The maximum Gasteiger partial charge on any atom is 0.405 e. The average Bonchev–Trinajstić information content (AvgIpc) is 3.33. The van der Waals surface area contributed by atoms with Gasteiger partial charge in [0.05, 0.1) is 6.07 Å². The van der Waals surface area contributed by atoms with Gasteiger partial charge in [0.1, 0.15) is 5.41 Å². The van der Waals surface area contributed by atoms with Gasteiger partial charge >= 0.3 is 6.18 Å². The molecule has 0 N–H and O–H groups in total. The maximum atomic E-state index is 14.1. The Kier molecular flexibility index (Phi) is 4.37. The summed E-state index contributed by atoms with van der Waals surface area (Å²) in [7, 11) is 0. The number of likely N-dealkylation sites (tertiary alicyclic amines) is 1. The van der Waals surface area contributed by atoms with E-state index in [1.165, 1.54) is 12.4 Å². The van der Waals surface area contributed by atoms with Crippen molar-refractivity contribution in [2.75, 3.05) is 13.1 Å². The minimum absolute atomic E-state index is 0.00261. The van der Waals surface area contributed by atoms with Crippen LogP contribution in [0.4, 0.5) is 13.2 Å². The van der Waals surface area contributed by atoms with E-state index >= 15 is 0 Å². The predicted molar refractivity (Wildman–Crippen MR) is 92.9 cm³/mol. The highest BCUT2D eigenvalue weighted by molar-refractivity contribution is 5.87. The first kappa shape index (κ1) is 19.4. The van der Waals surface area contributed by atoms with Crippen LogP contribution in [0.2, 0.25) is 0 Å². The van der Waals surface area contributed by atoms with Crippen molar-refractivity contribution in [3.05, 3.63) is 30.4 Å². The van der Waals surface area contributed by atoms with Crippen molar-refractivity contribution < 1.29 is 22.5 Å².